The lowest BCUT2D eigenvalue weighted by molar-refractivity contribution is -0.164. The fourth-order valence-electron chi connectivity index (χ4n) is 2.72. The lowest BCUT2D eigenvalue weighted by atomic mass is 10.0. The van der Waals surface area contributed by atoms with E-state index in [0.29, 0.717) is 6.42 Å². The van der Waals surface area contributed by atoms with E-state index in [2.05, 4.69) is 4.90 Å². The summed E-state index contributed by atoms with van der Waals surface area (Å²) in [6.45, 7) is 4.97. The smallest absolute Gasteiger partial charge is 0.302 e. The summed E-state index contributed by atoms with van der Waals surface area (Å²) in [6, 6.07) is -0.182. The molecule has 3 aliphatic rings. The number of likely N-dealkylation sites (tertiary alicyclic amines) is 1. The van der Waals surface area contributed by atoms with Gasteiger partial charge in [0.05, 0.1) is 6.10 Å². The van der Waals surface area contributed by atoms with Crippen molar-refractivity contribution in [1.82, 2.24) is 4.90 Å². The molecule has 0 saturated carbocycles. The SMILES string of the molecule is CC(=O)OC[C@@H]1C[C@H](OC(C)=O)[C@H]2N=C(N3CCC3)S[C@H]2O1. The number of hydrogen-bond acceptors (Lipinski definition) is 8. The molecule has 3 rings (SSSR count). The molecule has 0 N–H and O–H groups in total. The second kappa shape index (κ2) is 6.45. The summed E-state index contributed by atoms with van der Waals surface area (Å²) in [6.07, 6.45) is 1.07. The summed E-state index contributed by atoms with van der Waals surface area (Å²) in [5.74, 6) is -0.666. The molecule has 0 unspecified atom stereocenters. The molecule has 0 spiro atoms. The van der Waals surface area contributed by atoms with Crippen LogP contribution in [0.1, 0.15) is 26.7 Å². The first-order valence-corrected chi connectivity index (χ1v) is 8.36. The van der Waals surface area contributed by atoms with Gasteiger partial charge in [0.15, 0.2) is 5.17 Å². The molecule has 0 bridgehead atoms. The standard InChI is InChI=1S/C14H20N2O5S/c1-8(17)19-7-10-6-11(20-9(2)18)12-13(21-10)22-14(15-12)16-4-3-5-16/h10-13H,3-7H2,1-2H3/t10-,11-,12+,13+/m0/s1. The minimum Gasteiger partial charge on any atom is -0.463 e. The largest absolute Gasteiger partial charge is 0.463 e. The number of hydrogen-bond donors (Lipinski definition) is 0. The Kier molecular flexibility index (Phi) is 4.58. The van der Waals surface area contributed by atoms with E-state index in [4.69, 9.17) is 19.2 Å². The van der Waals surface area contributed by atoms with E-state index in [1.165, 1.54) is 20.3 Å². The first-order chi connectivity index (χ1) is 10.5. The van der Waals surface area contributed by atoms with E-state index in [-0.39, 0.29) is 42.2 Å². The van der Waals surface area contributed by atoms with Gasteiger partial charge in [0.2, 0.25) is 0 Å². The Labute approximate surface area is 133 Å². The molecular formula is C14H20N2O5S. The molecule has 122 valence electrons. The Hall–Kier alpha value is -1.28. The van der Waals surface area contributed by atoms with Crippen LogP contribution < -0.4 is 0 Å². The van der Waals surface area contributed by atoms with Gasteiger partial charge in [0.1, 0.15) is 24.2 Å². The average Bonchev–Trinajstić information content (AvgIpc) is 2.77. The van der Waals surface area contributed by atoms with Gasteiger partial charge in [-0.1, -0.05) is 11.8 Å². The Morgan fingerprint density at radius 3 is 2.73 bits per heavy atom. The fourth-order valence-corrected chi connectivity index (χ4v) is 4.03. The van der Waals surface area contributed by atoms with Crippen molar-refractivity contribution >= 4 is 28.9 Å². The Balaban J connectivity index is 1.67. The molecule has 0 aromatic carbocycles. The third-order valence-corrected chi connectivity index (χ3v) is 5.08. The van der Waals surface area contributed by atoms with E-state index < -0.39 is 0 Å². The summed E-state index contributed by atoms with van der Waals surface area (Å²) >= 11 is 1.57. The number of rotatable bonds is 3. The van der Waals surface area contributed by atoms with Gasteiger partial charge in [0.25, 0.3) is 0 Å². The second-order valence-electron chi connectivity index (χ2n) is 5.67. The minimum atomic E-state index is -0.341. The molecule has 4 atom stereocenters. The first kappa shape index (κ1) is 15.6. The summed E-state index contributed by atoms with van der Waals surface area (Å²) in [5, 5.41) is 0.964. The molecule has 0 radical (unpaired) electrons. The van der Waals surface area contributed by atoms with Crippen molar-refractivity contribution in [2.45, 2.75) is 50.4 Å². The molecule has 0 amide bonds. The van der Waals surface area contributed by atoms with E-state index in [9.17, 15) is 9.59 Å². The Morgan fingerprint density at radius 2 is 2.14 bits per heavy atom. The highest BCUT2D eigenvalue weighted by atomic mass is 32.2. The van der Waals surface area contributed by atoms with Crippen molar-refractivity contribution in [1.29, 1.82) is 0 Å². The summed E-state index contributed by atoms with van der Waals surface area (Å²) in [7, 11) is 0. The van der Waals surface area contributed by atoms with Gasteiger partial charge in [-0.05, 0) is 6.42 Å². The monoisotopic (exact) mass is 328 g/mol. The molecule has 0 aromatic rings. The van der Waals surface area contributed by atoms with Crippen LogP contribution in [-0.4, -0.2) is 65.4 Å². The molecule has 22 heavy (non-hydrogen) atoms. The number of thioether (sulfide) groups is 1. The van der Waals surface area contributed by atoms with Crippen LogP contribution in [0.4, 0.5) is 0 Å². The summed E-state index contributed by atoms with van der Waals surface area (Å²) < 4.78 is 16.4. The van der Waals surface area contributed by atoms with E-state index in [1.807, 2.05) is 0 Å². The quantitative estimate of drug-likeness (QED) is 0.708. The first-order valence-electron chi connectivity index (χ1n) is 7.48. The topological polar surface area (TPSA) is 77.4 Å². The fraction of sp³-hybridized carbons (Fsp3) is 0.786. The predicted octanol–water partition coefficient (Wildman–Crippen LogP) is 0.773. The number of ether oxygens (including phenoxy) is 3. The summed E-state index contributed by atoms with van der Waals surface area (Å²) in [4.78, 5) is 29.2. The highest BCUT2D eigenvalue weighted by Crippen LogP contribution is 2.39. The summed E-state index contributed by atoms with van der Waals surface area (Å²) in [5.41, 5.74) is -0.186. The second-order valence-corrected chi connectivity index (χ2v) is 6.74. The number of nitrogens with zero attached hydrogens (tertiary/aromatic N) is 2. The van der Waals surface area contributed by atoms with Crippen molar-refractivity contribution in [3.63, 3.8) is 0 Å². The molecule has 7 nitrogen and oxygen atoms in total. The highest BCUT2D eigenvalue weighted by molar-refractivity contribution is 8.14. The molecule has 0 aromatic heterocycles. The molecular weight excluding hydrogens is 308 g/mol. The lowest BCUT2D eigenvalue weighted by Gasteiger charge is -2.35. The number of amidine groups is 1. The van der Waals surface area contributed by atoms with E-state index in [0.717, 1.165) is 18.3 Å². The van der Waals surface area contributed by atoms with Gasteiger partial charge in [-0.15, -0.1) is 0 Å². The van der Waals surface area contributed by atoms with Gasteiger partial charge in [-0.25, -0.2) is 0 Å². The van der Waals surface area contributed by atoms with Crippen LogP contribution in [-0.2, 0) is 23.8 Å². The third kappa shape index (κ3) is 3.38. The van der Waals surface area contributed by atoms with Crippen molar-refractivity contribution in [2.24, 2.45) is 4.99 Å². The van der Waals surface area contributed by atoms with Gasteiger partial charge >= 0.3 is 11.9 Å². The van der Waals surface area contributed by atoms with Crippen molar-refractivity contribution in [3.05, 3.63) is 0 Å². The average molecular weight is 328 g/mol. The third-order valence-electron chi connectivity index (χ3n) is 3.88. The van der Waals surface area contributed by atoms with E-state index in [1.54, 1.807) is 11.8 Å². The number of carbonyl (C=O) groups is 2. The van der Waals surface area contributed by atoms with Crippen LogP contribution in [0.25, 0.3) is 0 Å². The number of carbonyl (C=O) groups excluding carboxylic acids is 2. The lowest BCUT2D eigenvalue weighted by Crippen LogP contribution is -2.47. The zero-order valence-electron chi connectivity index (χ0n) is 12.7. The van der Waals surface area contributed by atoms with Crippen LogP contribution in [0.15, 0.2) is 4.99 Å². The maximum absolute atomic E-state index is 11.3. The predicted molar refractivity (Wildman–Crippen MR) is 80.5 cm³/mol. The van der Waals surface area contributed by atoms with E-state index >= 15 is 0 Å². The highest BCUT2D eigenvalue weighted by Gasteiger charge is 2.46. The van der Waals surface area contributed by atoms with Crippen molar-refractivity contribution < 1.29 is 23.8 Å². The molecule has 0 aliphatic carbocycles. The van der Waals surface area contributed by atoms with Gasteiger partial charge in [-0.3, -0.25) is 14.6 Å². The molecule has 8 heteroatoms. The van der Waals surface area contributed by atoms with Crippen LogP contribution in [0, 0.1) is 0 Å². The van der Waals surface area contributed by atoms with Crippen molar-refractivity contribution in [2.75, 3.05) is 19.7 Å². The zero-order valence-corrected chi connectivity index (χ0v) is 13.5. The van der Waals surface area contributed by atoms with Crippen LogP contribution in [0.2, 0.25) is 0 Å². The maximum Gasteiger partial charge on any atom is 0.302 e. The molecule has 2 fully saturated rings. The Morgan fingerprint density at radius 1 is 1.36 bits per heavy atom. The van der Waals surface area contributed by atoms with Gasteiger partial charge in [0, 0.05) is 33.4 Å². The van der Waals surface area contributed by atoms with Gasteiger partial charge < -0.3 is 19.1 Å². The van der Waals surface area contributed by atoms with Crippen LogP contribution >= 0.6 is 11.8 Å². The number of esters is 2. The van der Waals surface area contributed by atoms with Crippen LogP contribution in [0.3, 0.4) is 0 Å². The van der Waals surface area contributed by atoms with Gasteiger partial charge in [-0.2, -0.15) is 0 Å². The zero-order chi connectivity index (χ0) is 15.7. The molecule has 3 aliphatic heterocycles. The Bertz CT molecular complexity index is 494. The minimum absolute atomic E-state index is 0.177. The number of fused-ring (bicyclic) bond motifs is 1. The normalized spacial score (nSPS) is 33.5. The maximum atomic E-state index is 11.3. The molecule has 2 saturated heterocycles. The van der Waals surface area contributed by atoms with Crippen LogP contribution in [0.5, 0.6) is 0 Å². The van der Waals surface area contributed by atoms with Crippen molar-refractivity contribution in [3.8, 4) is 0 Å². The molecule has 3 heterocycles. The number of aliphatic imine (C=N–C) groups is 1.